The van der Waals surface area contributed by atoms with Gasteiger partial charge >= 0.3 is 5.97 Å². The normalized spacial score (nSPS) is 12.5. The van der Waals surface area contributed by atoms with Crippen LogP contribution in [0.2, 0.25) is 0 Å². The van der Waals surface area contributed by atoms with E-state index in [0.717, 1.165) is 11.1 Å². The highest BCUT2D eigenvalue weighted by molar-refractivity contribution is 6.40. The molecule has 5 amide bonds. The number of benzene rings is 2. The number of hydrogen-bond acceptors (Lipinski definition) is 10. The molecule has 0 fully saturated rings. The Morgan fingerprint density at radius 2 is 0.735 bits per heavy atom. The molecule has 0 aliphatic heterocycles. The summed E-state index contributed by atoms with van der Waals surface area (Å²) in [5.41, 5.74) is 9.65. The Bertz CT molecular complexity index is 1670. The molecule has 0 heterocycles. The number of ether oxygens (including phenoxy) is 1. The second-order valence-corrected chi connectivity index (χ2v) is 20.7. The Kier molecular flexibility index (Phi) is 33.8. The first-order valence-corrected chi connectivity index (χ1v) is 24.2. The smallest absolute Gasteiger partial charge is 0.338 e. The maximum Gasteiger partial charge on any atom is 0.338 e. The lowest BCUT2D eigenvalue weighted by Crippen LogP contribution is -2.39. The average molecular weight is 999 g/mol. The third-order valence-corrected chi connectivity index (χ3v) is 8.68. The van der Waals surface area contributed by atoms with Crippen LogP contribution in [0.1, 0.15) is 150 Å². The van der Waals surface area contributed by atoms with Gasteiger partial charge in [0, 0.05) is 30.6 Å². The van der Waals surface area contributed by atoms with Crippen LogP contribution in [0.3, 0.4) is 0 Å². The minimum Gasteiger partial charge on any atom is -0.458 e. The van der Waals surface area contributed by atoms with Crippen LogP contribution in [0.25, 0.3) is 11.1 Å². The third-order valence-electron chi connectivity index (χ3n) is 8.68. The van der Waals surface area contributed by atoms with Crippen LogP contribution in [0.5, 0.6) is 0 Å². The SMILES string of the molecule is C.CC(C)CC(=O)NO[C@H](CC(C)C)C(=O)Nc1ccc(-c2ccc(NC(=O)[C@@H](CC(C)C)ONC(=O)CC(C)C)cc2)cc1.CC(C)CC(=O)NO[C@H](CC(C)C)C(=O)OC(C)(C)C.ClCCl. The van der Waals surface area contributed by atoms with Crippen molar-refractivity contribution in [2.75, 3.05) is 16.0 Å². The fraction of sp³-hybridized carbons (Fsp3) is 0.647. The van der Waals surface area contributed by atoms with Crippen molar-refractivity contribution in [3.63, 3.8) is 0 Å². The molecule has 0 aliphatic carbocycles. The Balaban J connectivity index is 0. The van der Waals surface area contributed by atoms with Gasteiger partial charge in [-0.1, -0.05) is 115 Å². The van der Waals surface area contributed by atoms with Gasteiger partial charge in [0.2, 0.25) is 17.7 Å². The lowest BCUT2D eigenvalue weighted by Gasteiger charge is -2.24. The number of alkyl halides is 2. The largest absolute Gasteiger partial charge is 0.458 e. The maximum atomic E-state index is 12.9. The Hall–Kier alpha value is -4.28. The van der Waals surface area contributed by atoms with E-state index in [1.165, 1.54) is 0 Å². The monoisotopic (exact) mass is 998 g/mol. The van der Waals surface area contributed by atoms with Gasteiger partial charge in [0.1, 0.15) is 5.60 Å². The predicted molar refractivity (Wildman–Crippen MR) is 274 cm³/mol. The van der Waals surface area contributed by atoms with E-state index in [0.29, 0.717) is 49.9 Å². The van der Waals surface area contributed by atoms with Gasteiger partial charge in [0.25, 0.3) is 11.8 Å². The molecule has 0 aromatic heterocycles. The summed E-state index contributed by atoms with van der Waals surface area (Å²) in [6.45, 7) is 28.9. The first-order chi connectivity index (χ1) is 31.1. The summed E-state index contributed by atoms with van der Waals surface area (Å²) in [6.07, 6.45) is -0.0278. The standard InChI is InChI=1S/C34H50N4O6.C15H29NO4.CH2Cl2.CH4/c1-21(2)17-29(43-37-31(39)19-23(5)6)33(41)35-27-13-9-25(10-14-27)26-11-15-28(16-12-26)36-34(42)30(18-22(3)4)44-38-32(40)20-24(7)8;1-10(2)8-12(14(18)19-15(5,6)7)20-16-13(17)9-11(3)4;2-1-3;/h9-16,21-24,29-30H,17-20H2,1-8H3,(H,35,41)(H,36,42)(H,37,39)(H,38,40);10-12H,8-9H2,1-7H3,(H,16,17);1H2;1H4/t29-,30-;12-;;/m11../s1. The van der Waals surface area contributed by atoms with E-state index in [-0.39, 0.29) is 77.8 Å². The molecule has 0 spiro atoms. The molecule has 0 radical (unpaired) electrons. The van der Waals surface area contributed by atoms with E-state index in [2.05, 4.69) is 27.1 Å². The number of halogens is 2. The zero-order chi connectivity index (χ0) is 51.4. The molecule has 17 heteroatoms. The van der Waals surface area contributed by atoms with Crippen LogP contribution in [-0.4, -0.2) is 64.8 Å². The number of rotatable bonds is 24. The molecule has 0 aliphatic rings. The van der Waals surface area contributed by atoms with E-state index < -0.39 is 29.9 Å². The second kappa shape index (κ2) is 34.9. The summed E-state index contributed by atoms with van der Waals surface area (Å²) in [5.74, 6) is -0.629. The minimum atomic E-state index is -0.824. The highest BCUT2D eigenvalue weighted by atomic mass is 35.5. The Morgan fingerprint density at radius 1 is 0.471 bits per heavy atom. The second-order valence-electron chi connectivity index (χ2n) is 19.8. The quantitative estimate of drug-likeness (QED) is 0.0383. The van der Waals surface area contributed by atoms with Crippen LogP contribution in [0.15, 0.2) is 48.5 Å². The first-order valence-electron chi connectivity index (χ1n) is 23.2. The van der Waals surface area contributed by atoms with Gasteiger partial charge in [0.05, 0.1) is 5.34 Å². The molecular weight excluding hydrogens is 913 g/mol. The van der Waals surface area contributed by atoms with E-state index in [9.17, 15) is 28.8 Å². The Labute approximate surface area is 417 Å². The van der Waals surface area contributed by atoms with E-state index in [1.807, 2.05) is 107 Å². The van der Waals surface area contributed by atoms with Gasteiger partial charge in [-0.3, -0.25) is 38.5 Å². The summed E-state index contributed by atoms with van der Waals surface area (Å²) in [4.78, 5) is 89.7. The van der Waals surface area contributed by atoms with Crippen molar-refractivity contribution < 1.29 is 48.0 Å². The molecule has 68 heavy (non-hydrogen) atoms. The zero-order valence-electron chi connectivity index (χ0n) is 42.6. The van der Waals surface area contributed by atoms with E-state index >= 15 is 0 Å². The summed E-state index contributed by atoms with van der Waals surface area (Å²) in [7, 11) is 0. The lowest BCUT2D eigenvalue weighted by atomic mass is 10.0. The van der Waals surface area contributed by atoms with Crippen LogP contribution in [0.4, 0.5) is 11.4 Å². The number of hydroxylamine groups is 3. The molecule has 2 aromatic rings. The number of esters is 1. The zero-order valence-corrected chi connectivity index (χ0v) is 44.1. The van der Waals surface area contributed by atoms with Crippen molar-refractivity contribution in [1.29, 1.82) is 0 Å². The number of hydrogen-bond donors (Lipinski definition) is 5. The molecule has 0 saturated carbocycles. The summed E-state index contributed by atoms with van der Waals surface area (Å²) >= 11 is 9.53. The van der Waals surface area contributed by atoms with E-state index in [1.54, 1.807) is 45.0 Å². The van der Waals surface area contributed by atoms with Crippen molar-refractivity contribution in [2.24, 2.45) is 35.5 Å². The molecular formula is C51H85Cl2N5O10. The topological polar surface area (TPSA) is 199 Å². The number of anilines is 2. The van der Waals surface area contributed by atoms with Gasteiger partial charge in [-0.15, -0.1) is 23.2 Å². The van der Waals surface area contributed by atoms with Gasteiger partial charge in [-0.25, -0.2) is 21.2 Å². The summed E-state index contributed by atoms with van der Waals surface area (Å²) in [5, 5.41) is 5.94. The first kappa shape index (κ1) is 65.8. The van der Waals surface area contributed by atoms with Gasteiger partial charge < -0.3 is 15.4 Å². The van der Waals surface area contributed by atoms with Crippen LogP contribution in [0, 0.1) is 35.5 Å². The fourth-order valence-electron chi connectivity index (χ4n) is 5.85. The molecule has 15 nitrogen and oxygen atoms in total. The minimum absolute atomic E-state index is 0. The van der Waals surface area contributed by atoms with E-state index in [4.69, 9.17) is 42.5 Å². The number of carbonyl (C=O) groups excluding carboxylic acids is 6. The van der Waals surface area contributed by atoms with Crippen molar-refractivity contribution >= 4 is 70.1 Å². The summed E-state index contributed by atoms with van der Waals surface area (Å²) < 4.78 is 5.30. The third kappa shape index (κ3) is 32.5. The number of carbonyl (C=O) groups is 6. The lowest BCUT2D eigenvalue weighted by molar-refractivity contribution is -0.177. The summed E-state index contributed by atoms with van der Waals surface area (Å²) in [6, 6.07) is 14.7. The van der Waals surface area contributed by atoms with Crippen molar-refractivity contribution in [3.8, 4) is 11.1 Å². The van der Waals surface area contributed by atoms with Crippen molar-refractivity contribution in [2.45, 2.75) is 174 Å². The molecule has 0 saturated heterocycles. The average Bonchev–Trinajstić information content (AvgIpc) is 3.19. The van der Waals surface area contributed by atoms with Crippen LogP contribution in [-0.2, 0) is 48.0 Å². The molecule has 2 rings (SSSR count). The Morgan fingerprint density at radius 3 is 0.985 bits per heavy atom. The molecule has 3 atom stereocenters. The fourth-order valence-corrected chi connectivity index (χ4v) is 5.85. The highest BCUT2D eigenvalue weighted by Gasteiger charge is 2.28. The van der Waals surface area contributed by atoms with Crippen molar-refractivity contribution in [1.82, 2.24) is 16.4 Å². The molecule has 388 valence electrons. The van der Waals surface area contributed by atoms with Crippen LogP contribution >= 0.6 is 23.2 Å². The number of amides is 5. The predicted octanol–water partition coefficient (Wildman–Crippen LogP) is 11.1. The van der Waals surface area contributed by atoms with Gasteiger partial charge in [0.15, 0.2) is 18.3 Å². The molecule has 0 bridgehead atoms. The number of nitrogens with one attached hydrogen (secondary N) is 5. The highest BCUT2D eigenvalue weighted by Crippen LogP contribution is 2.24. The van der Waals surface area contributed by atoms with Gasteiger partial charge in [-0.2, -0.15) is 0 Å². The van der Waals surface area contributed by atoms with Crippen molar-refractivity contribution in [3.05, 3.63) is 48.5 Å². The molecule has 0 unspecified atom stereocenters. The van der Waals surface area contributed by atoms with Crippen LogP contribution < -0.4 is 27.1 Å². The maximum absolute atomic E-state index is 12.9. The molecule has 5 N–H and O–H groups in total. The van der Waals surface area contributed by atoms with Gasteiger partial charge in [-0.05, 0) is 111 Å². The molecule has 2 aromatic carbocycles.